The first-order valence-corrected chi connectivity index (χ1v) is 8.42. The molecule has 0 N–H and O–H groups in total. The van der Waals surface area contributed by atoms with Crippen LogP contribution in [0.15, 0.2) is 53.5 Å². The van der Waals surface area contributed by atoms with Crippen LogP contribution < -0.4 is 5.43 Å². The second-order valence-corrected chi connectivity index (χ2v) is 6.56. The van der Waals surface area contributed by atoms with E-state index in [9.17, 15) is 4.79 Å². The predicted molar refractivity (Wildman–Crippen MR) is 101 cm³/mol. The summed E-state index contributed by atoms with van der Waals surface area (Å²) in [7, 11) is 0. The normalized spacial score (nSPS) is 11.3. The smallest absolute Gasteiger partial charge is 0.207 e. The first kappa shape index (κ1) is 15.8. The van der Waals surface area contributed by atoms with Crippen LogP contribution in [-0.2, 0) is 6.54 Å². The molecule has 4 aromatic rings. The zero-order chi connectivity index (χ0) is 17.6. The number of benzene rings is 2. The van der Waals surface area contributed by atoms with Crippen molar-refractivity contribution < 1.29 is 0 Å². The van der Waals surface area contributed by atoms with Gasteiger partial charge in [-0.1, -0.05) is 35.9 Å². The first-order valence-electron chi connectivity index (χ1n) is 8.05. The third kappa shape index (κ3) is 2.68. The van der Waals surface area contributed by atoms with Crippen LogP contribution in [0.5, 0.6) is 0 Å². The molecule has 0 bridgehead atoms. The lowest BCUT2D eigenvalue weighted by Gasteiger charge is -2.12. The summed E-state index contributed by atoms with van der Waals surface area (Å²) in [4.78, 5) is 16.6. The maximum atomic E-state index is 12.0. The van der Waals surface area contributed by atoms with Gasteiger partial charge in [-0.3, -0.25) is 9.48 Å². The van der Waals surface area contributed by atoms with Gasteiger partial charge in [-0.2, -0.15) is 5.10 Å². The number of aromatic nitrogens is 3. The predicted octanol–water partition coefficient (Wildman–Crippen LogP) is 4.26. The monoisotopic (exact) mass is 349 g/mol. The molecule has 0 aliphatic carbocycles. The number of nitrogens with zero attached hydrogens (tertiary/aromatic N) is 3. The van der Waals surface area contributed by atoms with E-state index in [4.69, 9.17) is 11.6 Å². The highest BCUT2D eigenvalue weighted by Gasteiger charge is 2.11. The number of pyridine rings is 1. The molecule has 0 fully saturated rings. The summed E-state index contributed by atoms with van der Waals surface area (Å²) in [6.45, 7) is 4.57. The largest absolute Gasteiger partial charge is 0.287 e. The molecular weight excluding hydrogens is 334 g/mol. The molecule has 0 amide bonds. The molecule has 2 aromatic heterocycles. The van der Waals surface area contributed by atoms with E-state index in [1.807, 2.05) is 30.3 Å². The molecule has 0 aliphatic rings. The third-order valence-corrected chi connectivity index (χ3v) is 4.95. The van der Waals surface area contributed by atoms with Crippen LogP contribution in [0.2, 0.25) is 5.15 Å². The fraction of sp³-hybridized carbons (Fsp3) is 0.150. The minimum atomic E-state index is -0.0827. The molecule has 0 saturated heterocycles. The number of hydrogen-bond acceptors (Lipinski definition) is 3. The van der Waals surface area contributed by atoms with Crippen LogP contribution in [0.4, 0.5) is 0 Å². The van der Waals surface area contributed by atoms with Gasteiger partial charge in [-0.05, 0) is 43.2 Å². The minimum absolute atomic E-state index is 0.0827. The average Bonchev–Trinajstić information content (AvgIpc) is 2.62. The Morgan fingerprint density at radius 2 is 1.92 bits per heavy atom. The molecule has 0 unspecified atom stereocenters. The highest BCUT2D eigenvalue weighted by Crippen LogP contribution is 2.25. The van der Waals surface area contributed by atoms with E-state index in [0.717, 1.165) is 27.5 Å². The van der Waals surface area contributed by atoms with Crippen LogP contribution in [0.25, 0.3) is 21.8 Å². The van der Waals surface area contributed by atoms with Crippen molar-refractivity contribution in [3.8, 4) is 0 Å². The quantitative estimate of drug-likeness (QED) is 0.508. The Labute approximate surface area is 149 Å². The number of para-hydroxylation sites is 1. The Balaban J connectivity index is 1.87. The van der Waals surface area contributed by atoms with E-state index in [2.05, 4.69) is 36.1 Å². The standard InChI is InChI=1S/C20H16ClN3O/c1-12-7-8-14-9-15(20(21)23-19(14)13(12)2)11-24-17-6-4-3-5-16(17)18(25)10-22-24/h3-10H,11H2,1-2H3. The van der Waals surface area contributed by atoms with Crippen LogP contribution in [0, 0.1) is 13.8 Å². The molecule has 0 spiro atoms. The summed E-state index contributed by atoms with van der Waals surface area (Å²) in [6.07, 6.45) is 1.35. The van der Waals surface area contributed by atoms with Crippen molar-refractivity contribution >= 4 is 33.4 Å². The second kappa shape index (κ2) is 5.97. The van der Waals surface area contributed by atoms with Crippen molar-refractivity contribution in [1.29, 1.82) is 0 Å². The SMILES string of the molecule is Cc1ccc2cc(Cn3ncc(=O)c4ccccc43)c(Cl)nc2c1C. The fourth-order valence-corrected chi connectivity index (χ4v) is 3.26. The molecule has 124 valence electrons. The maximum absolute atomic E-state index is 12.0. The Bertz CT molecular complexity index is 1180. The van der Waals surface area contributed by atoms with E-state index in [0.29, 0.717) is 17.1 Å². The third-order valence-electron chi connectivity index (χ3n) is 4.62. The van der Waals surface area contributed by atoms with E-state index >= 15 is 0 Å². The zero-order valence-electron chi connectivity index (χ0n) is 14.0. The van der Waals surface area contributed by atoms with Crippen molar-refractivity contribution in [1.82, 2.24) is 14.8 Å². The molecule has 2 heterocycles. The molecular formula is C20H16ClN3O. The molecule has 4 nitrogen and oxygen atoms in total. The summed E-state index contributed by atoms with van der Waals surface area (Å²) in [5.41, 5.74) is 4.83. The lowest BCUT2D eigenvalue weighted by molar-refractivity contribution is 0.694. The number of hydrogen-bond donors (Lipinski definition) is 0. The average molecular weight is 350 g/mol. The van der Waals surface area contributed by atoms with Crippen molar-refractivity contribution in [3.05, 3.63) is 80.7 Å². The van der Waals surface area contributed by atoms with Crippen molar-refractivity contribution in [2.75, 3.05) is 0 Å². The van der Waals surface area contributed by atoms with Gasteiger partial charge in [0, 0.05) is 16.3 Å². The van der Waals surface area contributed by atoms with Gasteiger partial charge in [-0.25, -0.2) is 4.98 Å². The summed E-state index contributed by atoms with van der Waals surface area (Å²) in [6, 6.07) is 13.6. The van der Waals surface area contributed by atoms with E-state index in [1.54, 1.807) is 4.68 Å². The lowest BCUT2D eigenvalue weighted by Crippen LogP contribution is -2.13. The summed E-state index contributed by atoms with van der Waals surface area (Å²) in [5, 5.41) is 6.43. The molecule has 0 atom stereocenters. The van der Waals surface area contributed by atoms with E-state index < -0.39 is 0 Å². The first-order chi connectivity index (χ1) is 12.0. The van der Waals surface area contributed by atoms with Crippen molar-refractivity contribution in [3.63, 3.8) is 0 Å². The van der Waals surface area contributed by atoms with Crippen LogP contribution in [-0.4, -0.2) is 14.8 Å². The Kier molecular flexibility index (Phi) is 3.77. The van der Waals surface area contributed by atoms with Crippen LogP contribution in [0.1, 0.15) is 16.7 Å². The molecule has 2 aromatic carbocycles. The van der Waals surface area contributed by atoms with Gasteiger partial charge in [-0.15, -0.1) is 0 Å². The topological polar surface area (TPSA) is 47.8 Å². The van der Waals surface area contributed by atoms with Gasteiger partial charge in [0.1, 0.15) is 5.15 Å². The van der Waals surface area contributed by atoms with Crippen LogP contribution >= 0.6 is 11.6 Å². The highest BCUT2D eigenvalue weighted by atomic mass is 35.5. The summed E-state index contributed by atoms with van der Waals surface area (Å²) in [5.74, 6) is 0. The Morgan fingerprint density at radius 1 is 1.12 bits per heavy atom. The number of halogens is 1. The van der Waals surface area contributed by atoms with Gasteiger partial charge in [0.15, 0.2) is 0 Å². The molecule has 0 aliphatic heterocycles. The molecule has 4 rings (SSSR count). The van der Waals surface area contributed by atoms with Gasteiger partial charge in [0.05, 0.1) is 23.8 Å². The summed E-state index contributed by atoms with van der Waals surface area (Å²) >= 11 is 6.45. The van der Waals surface area contributed by atoms with E-state index in [1.165, 1.54) is 11.8 Å². The molecule has 0 saturated carbocycles. The fourth-order valence-electron chi connectivity index (χ4n) is 3.06. The molecule has 5 heteroatoms. The van der Waals surface area contributed by atoms with E-state index in [-0.39, 0.29) is 5.43 Å². The van der Waals surface area contributed by atoms with Crippen LogP contribution in [0.3, 0.4) is 0 Å². The van der Waals surface area contributed by atoms with Crippen molar-refractivity contribution in [2.45, 2.75) is 20.4 Å². The molecule has 0 radical (unpaired) electrons. The van der Waals surface area contributed by atoms with Gasteiger partial charge >= 0.3 is 0 Å². The lowest BCUT2D eigenvalue weighted by atomic mass is 10.0. The second-order valence-electron chi connectivity index (χ2n) is 6.20. The Morgan fingerprint density at radius 3 is 2.76 bits per heavy atom. The Hall–Kier alpha value is -2.72. The number of rotatable bonds is 2. The maximum Gasteiger partial charge on any atom is 0.207 e. The van der Waals surface area contributed by atoms with Crippen molar-refractivity contribution in [2.24, 2.45) is 0 Å². The summed E-state index contributed by atoms with van der Waals surface area (Å²) < 4.78 is 1.78. The zero-order valence-corrected chi connectivity index (χ0v) is 14.7. The van der Waals surface area contributed by atoms with Gasteiger partial charge < -0.3 is 0 Å². The van der Waals surface area contributed by atoms with Gasteiger partial charge in [0.25, 0.3) is 0 Å². The highest BCUT2D eigenvalue weighted by molar-refractivity contribution is 6.30. The van der Waals surface area contributed by atoms with Gasteiger partial charge in [0.2, 0.25) is 5.43 Å². The molecule has 25 heavy (non-hydrogen) atoms. The minimum Gasteiger partial charge on any atom is -0.287 e. The number of aryl methyl sites for hydroxylation is 2. The number of fused-ring (bicyclic) bond motifs is 2.